The minimum atomic E-state index is -4.09. The van der Waals surface area contributed by atoms with E-state index >= 15 is 0 Å². The van der Waals surface area contributed by atoms with Crippen molar-refractivity contribution in [2.45, 2.75) is 141 Å². The Morgan fingerprint density at radius 3 is 2.30 bits per heavy atom. The van der Waals surface area contributed by atoms with Gasteiger partial charge in [-0.2, -0.15) is 19.4 Å². The van der Waals surface area contributed by atoms with Crippen molar-refractivity contribution in [1.29, 1.82) is 0 Å². The molecule has 0 spiro atoms. The first kappa shape index (κ1) is 39.7. The molecule has 0 amide bonds. The maximum absolute atomic E-state index is 14.1. The van der Waals surface area contributed by atoms with Gasteiger partial charge in [-0.1, -0.05) is 109 Å². The standard InChI is InChI=1S/C36H56FN6O6P/c1-4-5-6-7-8-9-10-11-12-13-14-15-16-20-25-46-34(44)28(2)42-50(45,49-29-21-18-17-19-22-29)47-26-36(3)24-23-30(48-36)43-27-39-31-32(38)40-35(37)41-33(31)43/h17-19,21-22,27-28,30H,4-16,20,23-26H2,1-3H3,(H,42,45)(H2,38,40,41)/t28-,30+,36-,50?/m0/s1. The van der Waals surface area contributed by atoms with Crippen molar-refractivity contribution in [3.63, 3.8) is 0 Å². The molecule has 1 aliphatic heterocycles. The van der Waals surface area contributed by atoms with Gasteiger partial charge >= 0.3 is 19.8 Å². The lowest BCUT2D eigenvalue weighted by Gasteiger charge is -2.28. The number of aromatic nitrogens is 4. The second-order valence-corrected chi connectivity index (χ2v) is 15.2. The third-order valence-corrected chi connectivity index (χ3v) is 10.7. The molecule has 12 nitrogen and oxygen atoms in total. The number of fused-ring (bicyclic) bond motifs is 1. The average molecular weight is 719 g/mol. The number of halogens is 1. The number of nitrogens with zero attached hydrogens (tertiary/aromatic N) is 4. The fraction of sp³-hybridized carbons (Fsp3) is 0.667. The fourth-order valence-corrected chi connectivity index (χ4v) is 7.72. The average Bonchev–Trinajstić information content (AvgIpc) is 3.70. The molecule has 4 rings (SSSR count). The number of rotatable bonds is 24. The van der Waals surface area contributed by atoms with E-state index in [1.807, 2.05) is 6.92 Å². The number of ether oxygens (including phenoxy) is 2. The molecule has 4 atom stereocenters. The van der Waals surface area contributed by atoms with Gasteiger partial charge in [0.15, 0.2) is 17.0 Å². The van der Waals surface area contributed by atoms with Crippen molar-refractivity contribution in [2.75, 3.05) is 18.9 Å². The van der Waals surface area contributed by atoms with Gasteiger partial charge in [0.05, 0.1) is 25.1 Å². The van der Waals surface area contributed by atoms with Crippen LogP contribution in [-0.2, 0) is 23.4 Å². The number of carbonyl (C=O) groups is 1. The number of esters is 1. The van der Waals surface area contributed by atoms with Crippen molar-refractivity contribution in [3.8, 4) is 5.75 Å². The number of hydrogen-bond acceptors (Lipinski definition) is 10. The molecule has 0 bridgehead atoms. The minimum absolute atomic E-state index is 0.0624. The van der Waals surface area contributed by atoms with E-state index in [1.165, 1.54) is 77.0 Å². The summed E-state index contributed by atoms with van der Waals surface area (Å²) in [5.74, 6) is -0.289. The first-order chi connectivity index (χ1) is 24.1. The number of nitrogens with two attached hydrogens (primary N) is 1. The lowest BCUT2D eigenvalue weighted by Crippen LogP contribution is -2.37. The van der Waals surface area contributed by atoms with Crippen LogP contribution < -0.4 is 15.3 Å². The highest BCUT2D eigenvalue weighted by molar-refractivity contribution is 7.52. The number of imidazole rings is 1. The first-order valence-electron chi connectivity index (χ1n) is 18.4. The number of nitrogen functional groups attached to an aromatic ring is 1. The Morgan fingerprint density at radius 1 is 1.04 bits per heavy atom. The Balaban J connectivity index is 1.19. The van der Waals surface area contributed by atoms with Gasteiger partial charge in [0.1, 0.15) is 18.0 Å². The Labute approximate surface area is 296 Å². The largest absolute Gasteiger partial charge is 0.465 e. The predicted molar refractivity (Wildman–Crippen MR) is 192 cm³/mol. The molecule has 1 fully saturated rings. The Morgan fingerprint density at radius 2 is 1.66 bits per heavy atom. The Bertz CT molecular complexity index is 1510. The molecule has 0 saturated carbocycles. The van der Waals surface area contributed by atoms with E-state index in [2.05, 4.69) is 27.0 Å². The van der Waals surface area contributed by atoms with E-state index in [1.54, 1.807) is 41.8 Å². The van der Waals surface area contributed by atoms with Crippen LogP contribution in [0, 0.1) is 6.08 Å². The van der Waals surface area contributed by atoms with E-state index in [0.29, 0.717) is 25.2 Å². The van der Waals surface area contributed by atoms with Crippen LogP contribution in [0.25, 0.3) is 11.2 Å². The van der Waals surface area contributed by atoms with Crippen LogP contribution >= 0.6 is 7.75 Å². The molecule has 1 saturated heterocycles. The van der Waals surface area contributed by atoms with Gasteiger partial charge in [0.25, 0.3) is 0 Å². The zero-order valence-electron chi connectivity index (χ0n) is 30.0. The molecule has 278 valence electrons. The molecular weight excluding hydrogens is 662 g/mol. The molecule has 3 aromatic rings. The van der Waals surface area contributed by atoms with E-state index in [4.69, 9.17) is 24.3 Å². The number of para-hydroxylation sites is 1. The number of hydrogen-bond donors (Lipinski definition) is 2. The molecule has 1 unspecified atom stereocenters. The molecule has 3 N–H and O–H groups in total. The lowest BCUT2D eigenvalue weighted by molar-refractivity contribution is -0.145. The van der Waals surface area contributed by atoms with Gasteiger partial charge in [-0.05, 0) is 45.2 Å². The zero-order chi connectivity index (χ0) is 35.8. The van der Waals surface area contributed by atoms with Crippen LogP contribution in [0.1, 0.15) is 130 Å². The predicted octanol–water partition coefficient (Wildman–Crippen LogP) is 8.82. The Hall–Kier alpha value is -3.12. The molecule has 2 aromatic heterocycles. The molecule has 1 aromatic carbocycles. The molecular formula is C36H56FN6O6P. The van der Waals surface area contributed by atoms with Crippen LogP contribution in [0.4, 0.5) is 10.2 Å². The maximum Gasteiger partial charge on any atom is 0.459 e. The summed E-state index contributed by atoms with van der Waals surface area (Å²) >= 11 is 0. The summed E-state index contributed by atoms with van der Waals surface area (Å²) in [6, 6.07) is 7.64. The lowest BCUT2D eigenvalue weighted by atomic mass is 10.0. The third kappa shape index (κ3) is 12.6. The fourth-order valence-electron chi connectivity index (χ4n) is 6.11. The molecule has 0 aliphatic carbocycles. The van der Waals surface area contributed by atoms with Crippen LogP contribution in [0.2, 0.25) is 0 Å². The van der Waals surface area contributed by atoms with Crippen molar-refractivity contribution in [2.24, 2.45) is 0 Å². The quantitative estimate of drug-likeness (QED) is 0.0395. The van der Waals surface area contributed by atoms with Crippen LogP contribution in [0.5, 0.6) is 5.75 Å². The Kier molecular flexibility index (Phi) is 15.9. The topological polar surface area (TPSA) is 153 Å². The monoisotopic (exact) mass is 718 g/mol. The summed E-state index contributed by atoms with van der Waals surface area (Å²) < 4.78 is 53.1. The molecule has 14 heteroatoms. The van der Waals surface area contributed by atoms with Crippen molar-refractivity contribution in [3.05, 3.63) is 42.7 Å². The van der Waals surface area contributed by atoms with Crippen molar-refractivity contribution < 1.29 is 32.3 Å². The number of benzene rings is 1. The zero-order valence-corrected chi connectivity index (χ0v) is 30.9. The molecule has 1 aliphatic rings. The van der Waals surface area contributed by atoms with Gasteiger partial charge in [-0.3, -0.25) is 13.9 Å². The van der Waals surface area contributed by atoms with Gasteiger partial charge in [0, 0.05) is 0 Å². The minimum Gasteiger partial charge on any atom is -0.465 e. The molecule has 0 radical (unpaired) electrons. The van der Waals surface area contributed by atoms with E-state index < -0.39 is 37.7 Å². The first-order valence-corrected chi connectivity index (χ1v) is 19.9. The highest BCUT2D eigenvalue weighted by Gasteiger charge is 2.42. The second-order valence-electron chi connectivity index (χ2n) is 13.6. The highest BCUT2D eigenvalue weighted by Crippen LogP contribution is 2.48. The SMILES string of the molecule is CCCCCCCCCCCCCCCCOC(=O)[C@H](C)NP(=O)(OC[C@]1(C)CC[C@H](n2cnc3c(N)nc(F)nc32)O1)Oc1ccccc1. The summed E-state index contributed by atoms with van der Waals surface area (Å²) in [6.07, 6.45) is 18.5. The molecule has 3 heterocycles. The number of nitrogens with one attached hydrogen (secondary N) is 1. The van der Waals surface area contributed by atoms with Crippen LogP contribution in [0.15, 0.2) is 36.7 Å². The van der Waals surface area contributed by atoms with Crippen LogP contribution in [0.3, 0.4) is 0 Å². The van der Waals surface area contributed by atoms with E-state index in [9.17, 15) is 13.8 Å². The highest BCUT2D eigenvalue weighted by atomic mass is 31.2. The number of anilines is 1. The summed E-state index contributed by atoms with van der Waals surface area (Å²) in [5, 5.41) is 2.75. The van der Waals surface area contributed by atoms with Crippen molar-refractivity contribution in [1.82, 2.24) is 24.6 Å². The van der Waals surface area contributed by atoms with Gasteiger partial charge in [-0.25, -0.2) is 9.55 Å². The van der Waals surface area contributed by atoms with Crippen molar-refractivity contribution >= 4 is 30.7 Å². The van der Waals surface area contributed by atoms with Gasteiger partial charge in [0.2, 0.25) is 0 Å². The molecule has 50 heavy (non-hydrogen) atoms. The summed E-state index contributed by atoms with van der Waals surface area (Å²) in [5.41, 5.74) is 5.41. The maximum atomic E-state index is 14.1. The van der Waals surface area contributed by atoms with Crippen LogP contribution in [-0.4, -0.2) is 50.3 Å². The number of unbranched alkanes of at least 4 members (excludes halogenated alkanes) is 13. The van der Waals surface area contributed by atoms with Gasteiger partial charge in [-0.15, -0.1) is 0 Å². The van der Waals surface area contributed by atoms with Gasteiger partial charge < -0.3 is 19.7 Å². The summed E-state index contributed by atoms with van der Waals surface area (Å²) in [6.45, 7) is 5.81. The van der Waals surface area contributed by atoms with E-state index in [-0.39, 0.29) is 23.6 Å². The van der Waals surface area contributed by atoms with E-state index in [0.717, 1.165) is 19.3 Å². The summed E-state index contributed by atoms with van der Waals surface area (Å²) in [7, 11) is -4.09. The number of carbonyl (C=O) groups excluding carboxylic acids is 1. The normalized spacial score (nSPS) is 19.4. The summed E-state index contributed by atoms with van der Waals surface area (Å²) in [4.78, 5) is 24.4. The second kappa shape index (κ2) is 20.1. The smallest absolute Gasteiger partial charge is 0.459 e. The third-order valence-electron chi connectivity index (χ3n) is 9.03.